The molecule has 0 bridgehead atoms. The molecule has 0 aromatic heterocycles. The lowest BCUT2D eigenvalue weighted by Gasteiger charge is -2.36. The molecule has 1 aliphatic heterocycles. The summed E-state index contributed by atoms with van der Waals surface area (Å²) < 4.78 is 37.8. The zero-order chi connectivity index (χ0) is 22.4. The smallest absolute Gasteiger partial charge is 0.240 e. The third-order valence-corrected chi connectivity index (χ3v) is 6.61. The number of methoxy groups -OCH3 is 2. The Morgan fingerprint density at radius 2 is 1.71 bits per heavy atom. The number of amides is 1. The molecule has 3 rings (SSSR count). The number of phenols is 1. The van der Waals surface area contributed by atoms with Crippen molar-refractivity contribution in [1.29, 1.82) is 0 Å². The van der Waals surface area contributed by atoms with Gasteiger partial charge in [-0.3, -0.25) is 4.79 Å². The van der Waals surface area contributed by atoms with E-state index in [1.165, 1.54) is 32.4 Å². The van der Waals surface area contributed by atoms with Gasteiger partial charge in [-0.05, 0) is 24.3 Å². The van der Waals surface area contributed by atoms with E-state index in [1.54, 1.807) is 17.0 Å². The maximum atomic E-state index is 12.5. The minimum Gasteiger partial charge on any atom is -0.506 e. The van der Waals surface area contributed by atoms with E-state index in [-0.39, 0.29) is 29.5 Å². The van der Waals surface area contributed by atoms with Gasteiger partial charge in [0.25, 0.3) is 0 Å². The summed E-state index contributed by atoms with van der Waals surface area (Å²) in [5, 5.41) is 9.98. The van der Waals surface area contributed by atoms with Crippen LogP contribution < -0.4 is 19.1 Å². The lowest BCUT2D eigenvalue weighted by molar-refractivity contribution is -0.131. The molecule has 1 fully saturated rings. The average Bonchev–Trinajstić information content (AvgIpc) is 2.78. The molecule has 2 aromatic rings. The highest BCUT2D eigenvalue weighted by Crippen LogP contribution is 2.29. The average molecular weight is 450 g/mol. The number of sulfonamides is 1. The zero-order valence-electron chi connectivity index (χ0n) is 17.6. The number of carbonyl (C=O) groups is 1. The van der Waals surface area contributed by atoms with Crippen molar-refractivity contribution in [3.05, 3.63) is 42.5 Å². The van der Waals surface area contributed by atoms with E-state index in [4.69, 9.17) is 9.47 Å². The molecule has 0 atom stereocenters. The number of ether oxygens (including phenoxy) is 2. The summed E-state index contributed by atoms with van der Waals surface area (Å²) in [5.41, 5.74) is 0.747. The van der Waals surface area contributed by atoms with Crippen LogP contribution in [-0.2, 0) is 14.8 Å². The number of aromatic hydroxyl groups is 1. The number of carbonyl (C=O) groups excluding carboxylic acids is 1. The van der Waals surface area contributed by atoms with Crippen molar-refractivity contribution in [3.63, 3.8) is 0 Å². The molecular weight excluding hydrogens is 422 g/mol. The van der Waals surface area contributed by atoms with Crippen LogP contribution >= 0.6 is 0 Å². The third-order valence-electron chi connectivity index (χ3n) is 5.15. The Morgan fingerprint density at radius 3 is 2.35 bits per heavy atom. The van der Waals surface area contributed by atoms with Crippen LogP contribution in [0, 0.1) is 0 Å². The van der Waals surface area contributed by atoms with Gasteiger partial charge in [-0.1, -0.05) is 12.1 Å². The Kier molecular flexibility index (Phi) is 7.24. The number of phenolic OH excluding ortho intramolecular Hbond substituents is 1. The largest absolute Gasteiger partial charge is 0.506 e. The minimum atomic E-state index is -3.79. The van der Waals surface area contributed by atoms with Crippen LogP contribution in [0.2, 0.25) is 0 Å². The molecule has 1 aliphatic rings. The predicted molar refractivity (Wildman–Crippen MR) is 116 cm³/mol. The standard InChI is InChI=1S/C21H27N3O6S/c1-29-19-8-7-16(15-20(19)30-2)31(27,28)22-10-9-21(26)24-13-11-23(12-14-24)17-5-3-4-6-18(17)25/h3-8,15,22,25H,9-14H2,1-2H3. The number of nitrogens with zero attached hydrogens (tertiary/aromatic N) is 2. The fourth-order valence-electron chi connectivity index (χ4n) is 3.45. The number of para-hydroxylation sites is 2. The van der Waals surface area contributed by atoms with Crippen LogP contribution in [0.15, 0.2) is 47.4 Å². The Bertz CT molecular complexity index is 1020. The maximum absolute atomic E-state index is 12.5. The van der Waals surface area contributed by atoms with Gasteiger partial charge in [-0.15, -0.1) is 0 Å². The van der Waals surface area contributed by atoms with E-state index in [2.05, 4.69) is 4.72 Å². The Balaban J connectivity index is 1.51. The SMILES string of the molecule is COc1ccc(S(=O)(=O)NCCC(=O)N2CCN(c3ccccc3O)CC2)cc1OC. The quantitative estimate of drug-likeness (QED) is 0.628. The zero-order valence-corrected chi connectivity index (χ0v) is 18.4. The molecule has 0 saturated carbocycles. The van der Waals surface area contributed by atoms with Crippen LogP contribution in [0.5, 0.6) is 17.2 Å². The van der Waals surface area contributed by atoms with Crippen molar-refractivity contribution in [2.24, 2.45) is 0 Å². The van der Waals surface area contributed by atoms with Gasteiger partial charge in [-0.25, -0.2) is 13.1 Å². The van der Waals surface area contributed by atoms with Gasteiger partial charge in [0, 0.05) is 45.2 Å². The normalized spacial score (nSPS) is 14.4. The predicted octanol–water partition coefficient (Wildman–Crippen LogP) is 1.43. The van der Waals surface area contributed by atoms with Gasteiger partial charge in [0.15, 0.2) is 11.5 Å². The van der Waals surface area contributed by atoms with E-state index in [0.717, 1.165) is 5.69 Å². The van der Waals surface area contributed by atoms with Crippen molar-refractivity contribution in [2.75, 3.05) is 51.8 Å². The summed E-state index contributed by atoms with van der Waals surface area (Å²) in [4.78, 5) is 16.3. The number of rotatable bonds is 8. The van der Waals surface area contributed by atoms with E-state index in [9.17, 15) is 18.3 Å². The second-order valence-electron chi connectivity index (χ2n) is 7.02. The van der Waals surface area contributed by atoms with Crippen LogP contribution in [0.1, 0.15) is 6.42 Å². The fourth-order valence-corrected chi connectivity index (χ4v) is 4.49. The molecule has 168 valence electrons. The Morgan fingerprint density at radius 1 is 1.03 bits per heavy atom. The molecule has 2 N–H and O–H groups in total. The topological polar surface area (TPSA) is 108 Å². The minimum absolute atomic E-state index is 0.00476. The first-order valence-corrected chi connectivity index (χ1v) is 11.4. The molecule has 2 aromatic carbocycles. The summed E-state index contributed by atoms with van der Waals surface area (Å²) in [6, 6.07) is 11.4. The number of anilines is 1. The second kappa shape index (κ2) is 9.88. The van der Waals surface area contributed by atoms with Crippen LogP contribution in [0.25, 0.3) is 0 Å². The first-order chi connectivity index (χ1) is 14.9. The van der Waals surface area contributed by atoms with Gasteiger partial charge in [0.1, 0.15) is 5.75 Å². The lowest BCUT2D eigenvalue weighted by atomic mass is 10.2. The monoisotopic (exact) mass is 449 g/mol. The number of hydrogen-bond acceptors (Lipinski definition) is 7. The summed E-state index contributed by atoms with van der Waals surface area (Å²) in [5.74, 6) is 0.835. The highest BCUT2D eigenvalue weighted by Gasteiger charge is 2.23. The fraction of sp³-hybridized carbons (Fsp3) is 0.381. The van der Waals surface area contributed by atoms with Crippen LogP contribution in [0.4, 0.5) is 5.69 Å². The van der Waals surface area contributed by atoms with Gasteiger partial charge in [0.2, 0.25) is 15.9 Å². The Labute approximate surface area is 182 Å². The maximum Gasteiger partial charge on any atom is 0.240 e. The van der Waals surface area contributed by atoms with Gasteiger partial charge < -0.3 is 24.4 Å². The lowest BCUT2D eigenvalue weighted by Crippen LogP contribution is -2.49. The molecule has 10 heteroatoms. The molecule has 0 aliphatic carbocycles. The number of benzene rings is 2. The number of hydrogen-bond donors (Lipinski definition) is 2. The van der Waals surface area contributed by atoms with Gasteiger partial charge in [0.05, 0.1) is 24.8 Å². The number of piperazine rings is 1. The first-order valence-electron chi connectivity index (χ1n) is 9.88. The second-order valence-corrected chi connectivity index (χ2v) is 8.79. The van der Waals surface area contributed by atoms with E-state index in [1.807, 2.05) is 17.0 Å². The van der Waals surface area contributed by atoms with Gasteiger partial charge >= 0.3 is 0 Å². The van der Waals surface area contributed by atoms with Crippen molar-refractivity contribution in [1.82, 2.24) is 9.62 Å². The van der Waals surface area contributed by atoms with E-state index < -0.39 is 10.0 Å². The molecule has 9 nitrogen and oxygen atoms in total. The summed E-state index contributed by atoms with van der Waals surface area (Å²) in [6.45, 7) is 2.21. The van der Waals surface area contributed by atoms with Crippen LogP contribution in [0.3, 0.4) is 0 Å². The molecular formula is C21H27N3O6S. The first kappa shape index (κ1) is 22.7. The molecule has 1 heterocycles. The van der Waals surface area contributed by atoms with E-state index in [0.29, 0.717) is 37.7 Å². The molecule has 0 spiro atoms. The third kappa shape index (κ3) is 5.39. The molecule has 1 saturated heterocycles. The molecule has 0 radical (unpaired) electrons. The van der Waals surface area contributed by atoms with Crippen molar-refractivity contribution >= 4 is 21.6 Å². The number of nitrogens with one attached hydrogen (secondary N) is 1. The summed E-state index contributed by atoms with van der Waals surface area (Å²) >= 11 is 0. The van der Waals surface area contributed by atoms with Crippen molar-refractivity contribution in [3.8, 4) is 17.2 Å². The van der Waals surface area contributed by atoms with Crippen LogP contribution in [-0.4, -0.2) is 71.3 Å². The molecule has 1 amide bonds. The summed E-state index contributed by atoms with van der Waals surface area (Å²) in [6.07, 6.45) is 0.0586. The highest BCUT2D eigenvalue weighted by atomic mass is 32.2. The molecule has 31 heavy (non-hydrogen) atoms. The van der Waals surface area contributed by atoms with E-state index >= 15 is 0 Å². The van der Waals surface area contributed by atoms with Crippen molar-refractivity contribution < 1.29 is 27.8 Å². The van der Waals surface area contributed by atoms with Crippen molar-refractivity contribution in [2.45, 2.75) is 11.3 Å². The highest BCUT2D eigenvalue weighted by molar-refractivity contribution is 7.89. The Hall–Kier alpha value is -2.98. The molecule has 0 unspecified atom stereocenters. The summed E-state index contributed by atoms with van der Waals surface area (Å²) in [7, 11) is -0.886. The van der Waals surface area contributed by atoms with Gasteiger partial charge in [-0.2, -0.15) is 0 Å².